The molecule has 5 nitrogen and oxygen atoms in total. The van der Waals surface area contributed by atoms with Crippen LogP contribution in [0, 0.1) is 0 Å². The summed E-state index contributed by atoms with van der Waals surface area (Å²) >= 11 is 0. The Labute approximate surface area is 164 Å². The van der Waals surface area contributed by atoms with Gasteiger partial charge in [-0.3, -0.25) is 9.59 Å². The number of benzene rings is 3. The van der Waals surface area contributed by atoms with Crippen molar-refractivity contribution in [2.45, 2.75) is 12.8 Å². The summed E-state index contributed by atoms with van der Waals surface area (Å²) in [5, 5.41) is 7.91. The van der Waals surface area contributed by atoms with Crippen LogP contribution in [0.2, 0.25) is 0 Å². The Kier molecular flexibility index (Phi) is 6.76. The molecule has 0 saturated heterocycles. The molecule has 5 heteroatoms. The van der Waals surface area contributed by atoms with Crippen LogP contribution in [0.3, 0.4) is 0 Å². The lowest BCUT2D eigenvalue weighted by Crippen LogP contribution is -2.25. The minimum atomic E-state index is -0.166. The van der Waals surface area contributed by atoms with Crippen LogP contribution >= 0.6 is 0 Å². The van der Waals surface area contributed by atoms with E-state index in [1.807, 2.05) is 42.5 Å². The van der Waals surface area contributed by atoms with Gasteiger partial charge in [0.15, 0.2) is 0 Å². The number of hydrogen-bond acceptors (Lipinski definition) is 3. The largest absolute Gasteiger partial charge is 0.385 e. The molecule has 0 fully saturated rings. The second-order valence-corrected chi connectivity index (χ2v) is 6.55. The van der Waals surface area contributed by atoms with Gasteiger partial charge in [-0.05, 0) is 41.0 Å². The van der Waals surface area contributed by atoms with Crippen LogP contribution in [0.15, 0.2) is 66.7 Å². The van der Waals surface area contributed by atoms with E-state index in [4.69, 9.17) is 4.74 Å². The molecule has 2 N–H and O–H groups in total. The van der Waals surface area contributed by atoms with E-state index in [2.05, 4.69) is 10.6 Å². The second kappa shape index (κ2) is 9.67. The monoisotopic (exact) mass is 376 g/mol. The standard InChI is InChI=1S/C23H24N2O3/c1-28-14-6-13-24-23(27)19-10-5-11-20(15-19)25-22(26)16-18-9-4-8-17-7-2-3-12-21(17)18/h2-5,7-12,15H,6,13-14,16H2,1H3,(H,24,27)(H,25,26). The van der Waals surface area contributed by atoms with E-state index < -0.39 is 0 Å². The number of methoxy groups -OCH3 is 1. The van der Waals surface area contributed by atoms with Gasteiger partial charge in [0, 0.05) is 31.5 Å². The van der Waals surface area contributed by atoms with Crippen molar-refractivity contribution in [3.63, 3.8) is 0 Å². The molecule has 0 aromatic heterocycles. The zero-order valence-electron chi connectivity index (χ0n) is 15.9. The van der Waals surface area contributed by atoms with Gasteiger partial charge < -0.3 is 15.4 Å². The third kappa shape index (κ3) is 5.18. The third-order valence-corrected chi connectivity index (χ3v) is 4.45. The van der Waals surface area contributed by atoms with Crippen molar-refractivity contribution in [1.82, 2.24) is 5.32 Å². The number of nitrogens with one attached hydrogen (secondary N) is 2. The lowest BCUT2D eigenvalue weighted by molar-refractivity contribution is -0.115. The molecule has 28 heavy (non-hydrogen) atoms. The van der Waals surface area contributed by atoms with Crippen molar-refractivity contribution in [2.24, 2.45) is 0 Å². The molecular weight excluding hydrogens is 352 g/mol. The molecule has 2 amide bonds. The van der Waals surface area contributed by atoms with Crippen LogP contribution in [0.25, 0.3) is 10.8 Å². The number of fused-ring (bicyclic) bond motifs is 1. The highest BCUT2D eigenvalue weighted by Crippen LogP contribution is 2.19. The zero-order chi connectivity index (χ0) is 19.8. The number of carbonyl (C=O) groups is 2. The summed E-state index contributed by atoms with van der Waals surface area (Å²) in [7, 11) is 1.63. The summed E-state index contributed by atoms with van der Waals surface area (Å²) < 4.78 is 4.97. The SMILES string of the molecule is COCCCNC(=O)c1cccc(NC(=O)Cc2cccc3ccccc23)c1. The average Bonchev–Trinajstić information content (AvgIpc) is 2.71. The maximum Gasteiger partial charge on any atom is 0.251 e. The first-order chi connectivity index (χ1) is 13.7. The fourth-order valence-corrected chi connectivity index (χ4v) is 3.08. The molecular formula is C23H24N2O3. The Bertz CT molecular complexity index is 963. The van der Waals surface area contributed by atoms with Gasteiger partial charge in [-0.1, -0.05) is 48.5 Å². The lowest BCUT2D eigenvalue weighted by atomic mass is 10.0. The predicted molar refractivity (Wildman–Crippen MR) is 112 cm³/mol. The van der Waals surface area contributed by atoms with Crippen LogP contribution in [0.1, 0.15) is 22.3 Å². The fourth-order valence-electron chi connectivity index (χ4n) is 3.08. The molecule has 3 aromatic rings. The van der Waals surface area contributed by atoms with Crippen LogP contribution < -0.4 is 10.6 Å². The summed E-state index contributed by atoms with van der Waals surface area (Å²) in [4.78, 5) is 24.7. The van der Waals surface area contributed by atoms with E-state index in [-0.39, 0.29) is 18.2 Å². The van der Waals surface area contributed by atoms with E-state index in [0.717, 1.165) is 22.8 Å². The van der Waals surface area contributed by atoms with Crippen molar-refractivity contribution in [1.29, 1.82) is 0 Å². The Hall–Kier alpha value is -3.18. The van der Waals surface area contributed by atoms with Gasteiger partial charge >= 0.3 is 0 Å². The van der Waals surface area contributed by atoms with Gasteiger partial charge in [0.05, 0.1) is 6.42 Å². The van der Waals surface area contributed by atoms with Gasteiger partial charge in [-0.25, -0.2) is 0 Å². The Morgan fingerprint density at radius 1 is 0.964 bits per heavy atom. The molecule has 0 atom stereocenters. The fraction of sp³-hybridized carbons (Fsp3) is 0.217. The minimum Gasteiger partial charge on any atom is -0.385 e. The molecule has 3 rings (SSSR count). The summed E-state index contributed by atoms with van der Waals surface area (Å²) in [6.07, 6.45) is 1.03. The van der Waals surface area contributed by atoms with Crippen LogP contribution in [-0.4, -0.2) is 32.1 Å². The number of hydrogen-bond donors (Lipinski definition) is 2. The van der Waals surface area contributed by atoms with Crippen molar-refractivity contribution in [3.8, 4) is 0 Å². The molecule has 0 aliphatic heterocycles. The Morgan fingerprint density at radius 3 is 2.61 bits per heavy atom. The van der Waals surface area contributed by atoms with E-state index in [9.17, 15) is 9.59 Å². The molecule has 144 valence electrons. The van der Waals surface area contributed by atoms with Gasteiger partial charge in [0.25, 0.3) is 5.91 Å². The molecule has 0 radical (unpaired) electrons. The molecule has 0 aliphatic rings. The lowest BCUT2D eigenvalue weighted by Gasteiger charge is -2.10. The highest BCUT2D eigenvalue weighted by Gasteiger charge is 2.10. The maximum absolute atomic E-state index is 12.5. The van der Waals surface area contributed by atoms with Crippen LogP contribution in [0.4, 0.5) is 5.69 Å². The van der Waals surface area contributed by atoms with Gasteiger partial charge in [-0.15, -0.1) is 0 Å². The van der Waals surface area contributed by atoms with Crippen molar-refractivity contribution < 1.29 is 14.3 Å². The quantitative estimate of drug-likeness (QED) is 0.588. The first kappa shape index (κ1) is 19.6. The summed E-state index contributed by atoms with van der Waals surface area (Å²) in [5.41, 5.74) is 2.10. The van der Waals surface area contributed by atoms with E-state index >= 15 is 0 Å². The minimum absolute atomic E-state index is 0.117. The summed E-state index contributed by atoms with van der Waals surface area (Å²) in [6, 6.07) is 20.9. The topological polar surface area (TPSA) is 67.4 Å². The van der Waals surface area contributed by atoms with Crippen LogP contribution in [0.5, 0.6) is 0 Å². The average molecular weight is 376 g/mol. The van der Waals surface area contributed by atoms with Gasteiger partial charge in [0.1, 0.15) is 0 Å². The van der Waals surface area contributed by atoms with Crippen molar-refractivity contribution >= 4 is 28.3 Å². The van der Waals surface area contributed by atoms with Crippen LogP contribution in [-0.2, 0) is 16.0 Å². The number of anilines is 1. The first-order valence-corrected chi connectivity index (χ1v) is 9.31. The number of ether oxygens (including phenoxy) is 1. The second-order valence-electron chi connectivity index (χ2n) is 6.55. The summed E-state index contributed by atoms with van der Waals surface area (Å²) in [5.74, 6) is -0.282. The van der Waals surface area contributed by atoms with E-state index in [0.29, 0.717) is 24.4 Å². The summed E-state index contributed by atoms with van der Waals surface area (Å²) in [6.45, 7) is 1.15. The molecule has 0 aliphatic carbocycles. The van der Waals surface area contributed by atoms with Gasteiger partial charge in [-0.2, -0.15) is 0 Å². The Morgan fingerprint density at radius 2 is 1.75 bits per heavy atom. The number of rotatable bonds is 8. The number of carbonyl (C=O) groups excluding carboxylic acids is 2. The smallest absolute Gasteiger partial charge is 0.251 e. The van der Waals surface area contributed by atoms with E-state index in [1.165, 1.54) is 0 Å². The third-order valence-electron chi connectivity index (χ3n) is 4.45. The molecule has 0 spiro atoms. The first-order valence-electron chi connectivity index (χ1n) is 9.31. The molecule has 3 aromatic carbocycles. The molecule has 0 saturated carbocycles. The van der Waals surface area contributed by atoms with E-state index in [1.54, 1.807) is 31.4 Å². The zero-order valence-corrected chi connectivity index (χ0v) is 15.9. The highest BCUT2D eigenvalue weighted by molar-refractivity contribution is 5.98. The van der Waals surface area contributed by atoms with Crippen molar-refractivity contribution in [3.05, 3.63) is 77.9 Å². The van der Waals surface area contributed by atoms with Crippen molar-refractivity contribution in [2.75, 3.05) is 25.6 Å². The molecule has 0 heterocycles. The maximum atomic E-state index is 12.5. The van der Waals surface area contributed by atoms with Gasteiger partial charge in [0.2, 0.25) is 5.91 Å². The molecule has 0 unspecified atom stereocenters. The number of amides is 2. The highest BCUT2D eigenvalue weighted by atomic mass is 16.5. The Balaban J connectivity index is 1.63. The normalized spacial score (nSPS) is 10.6. The molecule has 0 bridgehead atoms. The predicted octanol–water partition coefficient (Wildman–Crippen LogP) is 3.79.